The summed E-state index contributed by atoms with van der Waals surface area (Å²) in [6.45, 7) is 0.964. The molecule has 0 bridgehead atoms. The Kier molecular flexibility index (Phi) is 2.13. The highest BCUT2D eigenvalue weighted by atomic mass is 79.9. The molecular formula is C5H9BrO. The van der Waals surface area contributed by atoms with Crippen LogP contribution in [0.5, 0.6) is 0 Å². The average Bonchev–Trinajstić information content (AvgIpc) is 2.42. The maximum absolute atomic E-state index is 5.07. The molecule has 0 aromatic heterocycles. The number of alkyl halides is 1. The Balaban J connectivity index is 1.80. The van der Waals surface area contributed by atoms with E-state index in [1.807, 2.05) is 0 Å². The predicted molar refractivity (Wildman–Crippen MR) is 32.5 cm³/mol. The molecule has 1 aliphatic carbocycles. The minimum absolute atomic E-state index is 0.698. The van der Waals surface area contributed by atoms with E-state index < -0.39 is 0 Å². The fourth-order valence-electron chi connectivity index (χ4n) is 0.496. The van der Waals surface area contributed by atoms with Gasteiger partial charge in [-0.05, 0) is 18.8 Å². The van der Waals surface area contributed by atoms with Crippen LogP contribution in [0, 0.1) is 5.92 Å². The Morgan fingerprint density at radius 2 is 2.29 bits per heavy atom. The zero-order valence-electron chi connectivity index (χ0n) is 4.19. The topological polar surface area (TPSA) is 9.23 Å². The molecule has 0 spiro atoms. The SMILES string of the molecule is BrCOCC1CC1. The molecule has 1 aliphatic rings. The number of halogens is 1. The first kappa shape index (κ1) is 5.57. The molecule has 1 rings (SSSR count). The van der Waals surface area contributed by atoms with Crippen LogP contribution < -0.4 is 0 Å². The van der Waals surface area contributed by atoms with Crippen molar-refractivity contribution < 1.29 is 4.74 Å². The normalized spacial score (nSPS) is 20.1. The van der Waals surface area contributed by atoms with E-state index in [0.29, 0.717) is 5.52 Å². The van der Waals surface area contributed by atoms with Crippen LogP contribution in [-0.2, 0) is 4.74 Å². The van der Waals surface area contributed by atoms with Crippen LogP contribution in [0.25, 0.3) is 0 Å². The molecule has 0 heterocycles. The quantitative estimate of drug-likeness (QED) is 0.579. The summed E-state index contributed by atoms with van der Waals surface area (Å²) in [5.41, 5.74) is 0.698. The van der Waals surface area contributed by atoms with Crippen molar-refractivity contribution in [2.75, 3.05) is 12.1 Å². The van der Waals surface area contributed by atoms with Crippen LogP contribution in [0.3, 0.4) is 0 Å². The number of hydrogen-bond donors (Lipinski definition) is 0. The molecule has 42 valence electrons. The van der Waals surface area contributed by atoms with Gasteiger partial charge in [-0.15, -0.1) is 0 Å². The second-order valence-corrected chi connectivity index (χ2v) is 2.38. The van der Waals surface area contributed by atoms with Crippen molar-refractivity contribution in [1.82, 2.24) is 0 Å². The second-order valence-electron chi connectivity index (χ2n) is 1.92. The van der Waals surface area contributed by atoms with Gasteiger partial charge < -0.3 is 4.74 Å². The summed E-state index contributed by atoms with van der Waals surface area (Å²) in [7, 11) is 0. The molecule has 0 N–H and O–H groups in total. The van der Waals surface area contributed by atoms with E-state index in [1.165, 1.54) is 12.8 Å². The van der Waals surface area contributed by atoms with Crippen molar-refractivity contribution in [2.45, 2.75) is 12.8 Å². The summed E-state index contributed by atoms with van der Waals surface area (Å²) < 4.78 is 5.07. The monoisotopic (exact) mass is 164 g/mol. The number of rotatable bonds is 3. The third-order valence-electron chi connectivity index (χ3n) is 1.13. The van der Waals surface area contributed by atoms with E-state index in [-0.39, 0.29) is 0 Å². The Morgan fingerprint density at radius 3 is 2.71 bits per heavy atom. The maximum atomic E-state index is 5.07. The van der Waals surface area contributed by atoms with Crippen LogP contribution in [0.2, 0.25) is 0 Å². The molecule has 1 nitrogen and oxygen atoms in total. The summed E-state index contributed by atoms with van der Waals surface area (Å²) in [5, 5.41) is 0. The Morgan fingerprint density at radius 1 is 1.57 bits per heavy atom. The van der Waals surface area contributed by atoms with E-state index in [0.717, 1.165) is 12.5 Å². The summed E-state index contributed by atoms with van der Waals surface area (Å²) in [5.74, 6) is 0.901. The molecule has 0 unspecified atom stereocenters. The summed E-state index contributed by atoms with van der Waals surface area (Å²) >= 11 is 3.18. The fourth-order valence-corrected chi connectivity index (χ4v) is 0.683. The van der Waals surface area contributed by atoms with Gasteiger partial charge in [-0.2, -0.15) is 0 Å². The van der Waals surface area contributed by atoms with Crippen LogP contribution >= 0.6 is 15.9 Å². The maximum Gasteiger partial charge on any atom is 0.102 e. The van der Waals surface area contributed by atoms with E-state index in [4.69, 9.17) is 4.74 Å². The van der Waals surface area contributed by atoms with Gasteiger partial charge >= 0.3 is 0 Å². The molecule has 2 heteroatoms. The largest absolute Gasteiger partial charge is 0.370 e. The molecule has 1 saturated carbocycles. The highest BCUT2D eigenvalue weighted by molar-refractivity contribution is 9.09. The van der Waals surface area contributed by atoms with Gasteiger partial charge in [0.2, 0.25) is 0 Å². The first-order chi connectivity index (χ1) is 3.43. The molecule has 7 heavy (non-hydrogen) atoms. The lowest BCUT2D eigenvalue weighted by Gasteiger charge is -1.92. The van der Waals surface area contributed by atoms with Gasteiger partial charge in [0.15, 0.2) is 0 Å². The summed E-state index contributed by atoms with van der Waals surface area (Å²) in [6.07, 6.45) is 2.76. The number of ether oxygens (including phenoxy) is 1. The van der Waals surface area contributed by atoms with E-state index in [9.17, 15) is 0 Å². The Bertz CT molecular complexity index is 52.0. The summed E-state index contributed by atoms with van der Waals surface area (Å²) in [6, 6.07) is 0. The Labute approximate surface area is 52.2 Å². The third-order valence-corrected chi connectivity index (χ3v) is 1.45. The molecule has 0 aromatic rings. The second kappa shape index (κ2) is 2.68. The van der Waals surface area contributed by atoms with Crippen molar-refractivity contribution in [2.24, 2.45) is 5.92 Å². The lowest BCUT2D eigenvalue weighted by Crippen LogP contribution is -1.91. The first-order valence-electron chi connectivity index (χ1n) is 2.57. The zero-order valence-corrected chi connectivity index (χ0v) is 5.78. The lowest BCUT2D eigenvalue weighted by atomic mass is 10.5. The summed E-state index contributed by atoms with van der Waals surface area (Å²) in [4.78, 5) is 0. The predicted octanol–water partition coefficient (Wildman–Crippen LogP) is 1.77. The van der Waals surface area contributed by atoms with Crippen LogP contribution in [0.1, 0.15) is 12.8 Å². The first-order valence-corrected chi connectivity index (χ1v) is 3.69. The molecule has 0 radical (unpaired) electrons. The molecular weight excluding hydrogens is 156 g/mol. The minimum atomic E-state index is 0.698. The van der Waals surface area contributed by atoms with Crippen LogP contribution in [0.4, 0.5) is 0 Å². The Hall–Kier alpha value is 0.440. The van der Waals surface area contributed by atoms with Crippen LogP contribution in [-0.4, -0.2) is 12.1 Å². The van der Waals surface area contributed by atoms with Crippen molar-refractivity contribution in [3.63, 3.8) is 0 Å². The van der Waals surface area contributed by atoms with Gasteiger partial charge in [-0.25, -0.2) is 0 Å². The van der Waals surface area contributed by atoms with E-state index in [1.54, 1.807) is 0 Å². The highest BCUT2D eigenvalue weighted by Gasteiger charge is 2.20. The highest BCUT2D eigenvalue weighted by Crippen LogP contribution is 2.28. The molecule has 0 amide bonds. The zero-order chi connectivity index (χ0) is 5.11. The molecule has 0 atom stereocenters. The number of hydrogen-bond acceptors (Lipinski definition) is 1. The molecule has 1 fully saturated rings. The molecule has 0 saturated heterocycles. The van der Waals surface area contributed by atoms with E-state index >= 15 is 0 Å². The minimum Gasteiger partial charge on any atom is -0.370 e. The van der Waals surface area contributed by atoms with Gasteiger partial charge in [-0.3, -0.25) is 0 Å². The van der Waals surface area contributed by atoms with Gasteiger partial charge in [-0.1, -0.05) is 15.9 Å². The van der Waals surface area contributed by atoms with E-state index in [2.05, 4.69) is 15.9 Å². The average molecular weight is 165 g/mol. The van der Waals surface area contributed by atoms with Crippen molar-refractivity contribution >= 4 is 15.9 Å². The fraction of sp³-hybridized carbons (Fsp3) is 1.00. The van der Waals surface area contributed by atoms with Crippen molar-refractivity contribution in [3.05, 3.63) is 0 Å². The van der Waals surface area contributed by atoms with Crippen LogP contribution in [0.15, 0.2) is 0 Å². The van der Waals surface area contributed by atoms with Crippen molar-refractivity contribution in [3.8, 4) is 0 Å². The molecule has 0 aliphatic heterocycles. The van der Waals surface area contributed by atoms with Gasteiger partial charge in [0.05, 0.1) is 6.61 Å². The van der Waals surface area contributed by atoms with Gasteiger partial charge in [0.1, 0.15) is 5.52 Å². The standard InChI is InChI=1S/C5H9BrO/c6-4-7-3-5-1-2-5/h5H,1-4H2. The molecule has 0 aromatic carbocycles. The lowest BCUT2D eigenvalue weighted by molar-refractivity contribution is 0.174. The van der Waals surface area contributed by atoms with Crippen molar-refractivity contribution in [1.29, 1.82) is 0 Å². The van der Waals surface area contributed by atoms with Gasteiger partial charge in [0, 0.05) is 0 Å². The van der Waals surface area contributed by atoms with Gasteiger partial charge in [0.25, 0.3) is 0 Å². The third kappa shape index (κ3) is 2.29. The smallest absolute Gasteiger partial charge is 0.102 e.